The number of para-hydroxylation sites is 1. The average molecular weight is 775 g/mol. The van der Waals surface area contributed by atoms with Crippen molar-refractivity contribution in [2.45, 2.75) is 13.8 Å². The molecule has 0 saturated carbocycles. The van der Waals surface area contributed by atoms with Gasteiger partial charge in [-0.1, -0.05) is 96.4 Å². The van der Waals surface area contributed by atoms with Crippen LogP contribution in [0, 0.1) is 32.2 Å². The number of fused-ring (bicyclic) bond motifs is 3. The molecule has 5 aromatic carbocycles. The molecule has 0 amide bonds. The van der Waals surface area contributed by atoms with Gasteiger partial charge in [0, 0.05) is 49.3 Å². The molecule has 0 N–H and O–H groups in total. The predicted octanol–water partition coefficient (Wildman–Crippen LogP) is 9.51. The van der Waals surface area contributed by atoms with Gasteiger partial charge in [-0.15, -0.1) is 41.8 Å². The number of hydrogen-bond donors (Lipinski definition) is 0. The van der Waals surface area contributed by atoms with E-state index in [4.69, 9.17) is 9.84 Å². The third-order valence-corrected chi connectivity index (χ3v) is 8.16. The molecule has 0 unspecified atom stereocenters. The van der Waals surface area contributed by atoms with E-state index in [1.807, 2.05) is 66.2 Å². The number of rotatable bonds is 6. The van der Waals surface area contributed by atoms with Crippen LogP contribution in [0.5, 0.6) is 11.5 Å². The zero-order valence-corrected chi connectivity index (χ0v) is 27.4. The Morgan fingerprint density at radius 2 is 1.33 bits per heavy atom. The fraction of sp³-hybridized carbons (Fsp3) is 0.0500. The van der Waals surface area contributed by atoms with E-state index in [0.717, 1.165) is 55.7 Å². The minimum atomic E-state index is 0. The summed E-state index contributed by atoms with van der Waals surface area (Å²) in [6.45, 7) is 4.14. The molecule has 0 radical (unpaired) electrons. The van der Waals surface area contributed by atoms with E-state index in [9.17, 15) is 0 Å². The van der Waals surface area contributed by atoms with Gasteiger partial charge < -0.3 is 14.3 Å². The molecule has 226 valence electrons. The molecular formula is C40H27N4OPt-3. The molecule has 0 fully saturated rings. The van der Waals surface area contributed by atoms with Gasteiger partial charge in [-0.25, -0.2) is 0 Å². The Labute approximate surface area is 282 Å². The van der Waals surface area contributed by atoms with E-state index >= 15 is 0 Å². The molecule has 0 spiro atoms. The van der Waals surface area contributed by atoms with Crippen molar-refractivity contribution in [3.05, 3.63) is 157 Å². The molecule has 5 nitrogen and oxygen atoms in total. The van der Waals surface area contributed by atoms with Gasteiger partial charge in [0.25, 0.3) is 0 Å². The first-order valence-corrected chi connectivity index (χ1v) is 14.9. The number of ether oxygens (including phenoxy) is 1. The summed E-state index contributed by atoms with van der Waals surface area (Å²) in [6.07, 6.45) is 4.85. The second-order valence-corrected chi connectivity index (χ2v) is 11.0. The number of hydrogen-bond acceptors (Lipinski definition) is 3. The summed E-state index contributed by atoms with van der Waals surface area (Å²) in [6, 6.07) is 48.1. The van der Waals surface area contributed by atoms with E-state index in [2.05, 4.69) is 102 Å². The Kier molecular flexibility index (Phi) is 7.86. The van der Waals surface area contributed by atoms with Gasteiger partial charge in [0.2, 0.25) is 0 Å². The van der Waals surface area contributed by atoms with Crippen LogP contribution in [0.2, 0.25) is 0 Å². The van der Waals surface area contributed by atoms with Crippen LogP contribution in [-0.4, -0.2) is 19.3 Å². The van der Waals surface area contributed by atoms with E-state index in [1.165, 1.54) is 11.1 Å². The molecular weight excluding hydrogens is 748 g/mol. The molecule has 8 rings (SSSR count). The molecule has 3 heterocycles. The topological polar surface area (TPSA) is 44.9 Å². The molecule has 6 heteroatoms. The Morgan fingerprint density at radius 1 is 0.609 bits per heavy atom. The van der Waals surface area contributed by atoms with E-state index in [-0.39, 0.29) is 21.1 Å². The maximum atomic E-state index is 6.36. The Bertz CT molecular complexity index is 2310. The monoisotopic (exact) mass is 774 g/mol. The minimum absolute atomic E-state index is 0. The maximum Gasteiger partial charge on any atom is 0.0678 e. The van der Waals surface area contributed by atoms with Gasteiger partial charge in [0.15, 0.2) is 0 Å². The second kappa shape index (κ2) is 12.3. The summed E-state index contributed by atoms with van der Waals surface area (Å²) in [5, 5.41) is 7.12. The van der Waals surface area contributed by atoms with Crippen LogP contribution >= 0.6 is 0 Å². The third kappa shape index (κ3) is 5.23. The van der Waals surface area contributed by atoms with Crippen LogP contribution in [-0.2, 0) is 21.1 Å². The molecule has 0 saturated heterocycles. The SMILES string of the molecule is Cc1nn(-c2[c-]c(Oc3[c-]c4c(cc3)c3ccccc3n4-c3[c-]nccc3)ccc2)c(C)c1-c1ccc(-c2ccccc2)cc1.[Pt]. The fourth-order valence-electron chi connectivity index (χ4n) is 6.12. The summed E-state index contributed by atoms with van der Waals surface area (Å²) < 4.78 is 10.4. The van der Waals surface area contributed by atoms with Gasteiger partial charge in [-0.05, 0) is 47.7 Å². The zero-order valence-electron chi connectivity index (χ0n) is 25.1. The largest absolute Gasteiger partial charge is 0.509 e. The molecule has 8 aromatic rings. The van der Waals surface area contributed by atoms with Crippen molar-refractivity contribution in [3.63, 3.8) is 0 Å². The second-order valence-electron chi connectivity index (χ2n) is 11.0. The molecule has 0 atom stereocenters. The van der Waals surface area contributed by atoms with Crippen LogP contribution in [0.25, 0.3) is 55.4 Å². The van der Waals surface area contributed by atoms with Gasteiger partial charge in [-0.3, -0.25) is 4.68 Å². The summed E-state index contributed by atoms with van der Waals surface area (Å²) in [4.78, 5) is 4.23. The average Bonchev–Trinajstić information content (AvgIpc) is 3.58. The Morgan fingerprint density at radius 3 is 2.13 bits per heavy atom. The Balaban J connectivity index is 0.00000338. The van der Waals surface area contributed by atoms with E-state index < -0.39 is 0 Å². The molecule has 0 bridgehead atoms. The zero-order chi connectivity index (χ0) is 30.3. The van der Waals surface area contributed by atoms with E-state index in [1.54, 1.807) is 6.20 Å². The summed E-state index contributed by atoms with van der Waals surface area (Å²) in [7, 11) is 0. The van der Waals surface area contributed by atoms with Crippen molar-refractivity contribution in [2.24, 2.45) is 0 Å². The minimum Gasteiger partial charge on any atom is -0.509 e. The number of aromatic nitrogens is 4. The molecule has 0 aliphatic carbocycles. The van der Waals surface area contributed by atoms with Crippen LogP contribution in [0.15, 0.2) is 128 Å². The van der Waals surface area contributed by atoms with Crippen molar-refractivity contribution >= 4 is 21.8 Å². The van der Waals surface area contributed by atoms with Gasteiger partial charge in [0.05, 0.1) is 5.69 Å². The van der Waals surface area contributed by atoms with Crippen molar-refractivity contribution in [1.29, 1.82) is 0 Å². The summed E-state index contributed by atoms with van der Waals surface area (Å²) >= 11 is 0. The number of benzene rings is 5. The number of pyridine rings is 1. The van der Waals surface area contributed by atoms with Crippen LogP contribution in [0.3, 0.4) is 0 Å². The van der Waals surface area contributed by atoms with Crippen molar-refractivity contribution in [1.82, 2.24) is 19.3 Å². The van der Waals surface area contributed by atoms with Crippen molar-refractivity contribution in [3.8, 4) is 45.1 Å². The first-order valence-electron chi connectivity index (χ1n) is 14.9. The smallest absolute Gasteiger partial charge is 0.0678 e. The van der Waals surface area contributed by atoms with Crippen LogP contribution in [0.4, 0.5) is 0 Å². The number of nitrogens with zero attached hydrogens (tertiary/aromatic N) is 4. The number of aryl methyl sites for hydroxylation is 1. The first kappa shape index (κ1) is 29.5. The quantitative estimate of drug-likeness (QED) is 0.158. The molecule has 46 heavy (non-hydrogen) atoms. The van der Waals surface area contributed by atoms with Gasteiger partial charge >= 0.3 is 0 Å². The standard InChI is InChI=1S/C40H27N4O.Pt/c1-27-40(31-19-17-30(18-20-31)29-10-4-3-5-11-29)28(2)44(42-27)32-12-8-14-34(24-32)45-35-21-22-37-36-15-6-7-16-38(36)43(39(37)25-35)33-13-9-23-41-26-33;/h3-23H,1-2H3;/q-3;. The van der Waals surface area contributed by atoms with Crippen molar-refractivity contribution < 1.29 is 25.8 Å². The molecule has 3 aromatic heterocycles. The van der Waals surface area contributed by atoms with Crippen LogP contribution < -0.4 is 4.74 Å². The van der Waals surface area contributed by atoms with Gasteiger partial charge in [-0.2, -0.15) is 23.3 Å². The van der Waals surface area contributed by atoms with E-state index in [0.29, 0.717) is 11.5 Å². The first-order chi connectivity index (χ1) is 22.1. The van der Waals surface area contributed by atoms with Crippen molar-refractivity contribution in [2.75, 3.05) is 0 Å². The summed E-state index contributed by atoms with van der Waals surface area (Å²) in [5.74, 6) is 1.18. The fourth-order valence-corrected chi connectivity index (χ4v) is 6.12. The molecule has 0 aliphatic heterocycles. The molecule has 0 aliphatic rings. The Hall–Kier alpha value is -5.25. The third-order valence-electron chi connectivity index (χ3n) is 8.16. The van der Waals surface area contributed by atoms with Crippen LogP contribution in [0.1, 0.15) is 11.4 Å². The normalized spacial score (nSPS) is 11.1. The van der Waals surface area contributed by atoms with Gasteiger partial charge in [0.1, 0.15) is 0 Å². The maximum absolute atomic E-state index is 6.36. The summed E-state index contributed by atoms with van der Waals surface area (Å²) in [5.41, 5.74) is 10.3. The predicted molar refractivity (Wildman–Crippen MR) is 179 cm³/mol.